The molecule has 2 heterocycles. The fourth-order valence-electron chi connectivity index (χ4n) is 5.36. The Hall–Kier alpha value is -4.58. The lowest BCUT2D eigenvalue weighted by molar-refractivity contribution is -0.132. The summed E-state index contributed by atoms with van der Waals surface area (Å²) >= 11 is 0. The van der Waals surface area contributed by atoms with E-state index in [-0.39, 0.29) is 0 Å². The minimum atomic E-state index is -1.10. The van der Waals surface area contributed by atoms with E-state index in [2.05, 4.69) is 0 Å². The van der Waals surface area contributed by atoms with Crippen LogP contribution in [0, 0.1) is 0 Å². The average Bonchev–Trinajstić information content (AvgIpc) is 3.31. The minimum absolute atomic E-state index is 0.387. The molecule has 2 aliphatic heterocycles. The molecule has 0 bridgehead atoms. The summed E-state index contributed by atoms with van der Waals surface area (Å²) in [6.07, 6.45) is 0. The predicted octanol–water partition coefficient (Wildman–Crippen LogP) is 5.51. The summed E-state index contributed by atoms with van der Waals surface area (Å²) in [6, 6.07) is 30.5. The van der Waals surface area contributed by atoms with Crippen molar-refractivity contribution in [2.75, 3.05) is 0 Å². The van der Waals surface area contributed by atoms with Crippen molar-refractivity contribution in [2.45, 2.75) is 25.0 Å². The van der Waals surface area contributed by atoms with E-state index in [4.69, 9.17) is 18.9 Å². The van der Waals surface area contributed by atoms with Crippen molar-refractivity contribution in [1.29, 1.82) is 0 Å². The number of ether oxygens (including phenoxy) is 4. The van der Waals surface area contributed by atoms with Crippen molar-refractivity contribution in [2.24, 2.45) is 0 Å². The third kappa shape index (κ3) is 3.04. The van der Waals surface area contributed by atoms with Crippen molar-refractivity contribution in [3.8, 4) is 23.0 Å². The second kappa shape index (κ2) is 7.99. The molecule has 0 radical (unpaired) electrons. The average molecular weight is 479 g/mol. The molecule has 0 amide bonds. The van der Waals surface area contributed by atoms with Crippen LogP contribution in [-0.4, -0.2) is 11.9 Å². The first-order chi connectivity index (χ1) is 17.4. The molecule has 2 unspecified atom stereocenters. The van der Waals surface area contributed by atoms with Crippen LogP contribution in [0.2, 0.25) is 0 Å². The number of hydrogen-bond donors (Lipinski definition) is 0. The lowest BCUT2D eigenvalue weighted by Gasteiger charge is -2.38. The van der Waals surface area contributed by atoms with Gasteiger partial charge in [-0.05, 0) is 24.3 Å². The number of hydrogen-bond acceptors (Lipinski definition) is 6. The van der Waals surface area contributed by atoms with Crippen LogP contribution in [-0.2, 0) is 20.8 Å². The summed E-state index contributed by atoms with van der Waals surface area (Å²) in [4.78, 5) is 23.3. The number of rotatable bonds is 4. The number of carbonyl (C=O) groups is 2. The van der Waals surface area contributed by atoms with Gasteiger partial charge in [-0.3, -0.25) is 9.59 Å². The SMILES string of the molecule is CC(=O)Oc1ccc2c(c1)OC1(c3ccccc3)c3ccc(OC(C)=O)cc3OC21c1ccccc1. The summed E-state index contributed by atoms with van der Waals surface area (Å²) in [6.45, 7) is 2.72. The maximum absolute atomic E-state index is 11.6. The Morgan fingerprint density at radius 1 is 0.583 bits per heavy atom. The molecule has 4 aromatic rings. The van der Waals surface area contributed by atoms with Gasteiger partial charge in [-0.25, -0.2) is 0 Å². The Balaban J connectivity index is 1.66. The van der Waals surface area contributed by atoms with Gasteiger partial charge in [0.05, 0.1) is 0 Å². The molecule has 2 atom stereocenters. The zero-order chi connectivity index (χ0) is 24.9. The van der Waals surface area contributed by atoms with Gasteiger partial charge < -0.3 is 18.9 Å². The summed E-state index contributed by atoms with van der Waals surface area (Å²) < 4.78 is 24.5. The Kier molecular flexibility index (Phi) is 4.86. The number of benzene rings is 4. The number of fused-ring (bicyclic) bond motifs is 5. The molecule has 4 aromatic carbocycles. The highest BCUT2D eigenvalue weighted by Crippen LogP contribution is 2.67. The summed E-state index contributed by atoms with van der Waals surface area (Å²) in [5.41, 5.74) is 1.15. The highest BCUT2D eigenvalue weighted by molar-refractivity contribution is 5.72. The van der Waals surface area contributed by atoms with Gasteiger partial charge >= 0.3 is 11.9 Å². The molecule has 0 saturated carbocycles. The predicted molar refractivity (Wildman–Crippen MR) is 131 cm³/mol. The minimum Gasteiger partial charge on any atom is -0.472 e. The van der Waals surface area contributed by atoms with Crippen LogP contribution < -0.4 is 18.9 Å². The van der Waals surface area contributed by atoms with Crippen LogP contribution in [0.4, 0.5) is 0 Å². The third-order valence-corrected chi connectivity index (χ3v) is 6.57. The van der Waals surface area contributed by atoms with Gasteiger partial charge in [0, 0.05) is 48.2 Å². The molecule has 36 heavy (non-hydrogen) atoms. The van der Waals surface area contributed by atoms with Gasteiger partial charge in [-0.1, -0.05) is 60.7 Å². The monoisotopic (exact) mass is 478 g/mol. The third-order valence-electron chi connectivity index (χ3n) is 6.57. The fraction of sp³-hybridized carbons (Fsp3) is 0.133. The Morgan fingerprint density at radius 3 is 1.33 bits per heavy atom. The highest BCUT2D eigenvalue weighted by atomic mass is 16.6. The summed E-state index contributed by atoms with van der Waals surface area (Å²) in [5.74, 6) is 1.05. The molecule has 0 spiro atoms. The van der Waals surface area contributed by atoms with Crippen molar-refractivity contribution >= 4 is 11.9 Å². The van der Waals surface area contributed by atoms with E-state index in [1.54, 1.807) is 24.3 Å². The molecular weight excluding hydrogens is 456 g/mol. The maximum atomic E-state index is 11.6. The van der Waals surface area contributed by atoms with Gasteiger partial charge in [0.2, 0.25) is 11.2 Å². The molecule has 2 aliphatic rings. The molecule has 0 N–H and O–H groups in total. The first-order valence-corrected chi connectivity index (χ1v) is 11.6. The molecule has 6 nitrogen and oxygen atoms in total. The van der Waals surface area contributed by atoms with Crippen LogP contribution in [0.15, 0.2) is 97.1 Å². The fourth-order valence-corrected chi connectivity index (χ4v) is 5.36. The molecule has 6 rings (SSSR count). The smallest absolute Gasteiger partial charge is 0.308 e. The van der Waals surface area contributed by atoms with Gasteiger partial charge in [-0.2, -0.15) is 0 Å². The second-order valence-electron chi connectivity index (χ2n) is 8.80. The topological polar surface area (TPSA) is 71.1 Å². The van der Waals surface area contributed by atoms with E-state index in [0.717, 1.165) is 22.3 Å². The van der Waals surface area contributed by atoms with Gasteiger partial charge in [0.1, 0.15) is 23.0 Å². The van der Waals surface area contributed by atoms with Crippen molar-refractivity contribution < 1.29 is 28.5 Å². The highest BCUT2D eigenvalue weighted by Gasteiger charge is 2.70. The van der Waals surface area contributed by atoms with Crippen LogP contribution in [0.3, 0.4) is 0 Å². The van der Waals surface area contributed by atoms with Gasteiger partial charge in [0.25, 0.3) is 0 Å². The van der Waals surface area contributed by atoms with E-state index in [1.807, 2.05) is 72.8 Å². The van der Waals surface area contributed by atoms with Gasteiger partial charge in [-0.15, -0.1) is 0 Å². The van der Waals surface area contributed by atoms with E-state index in [1.165, 1.54) is 13.8 Å². The standard InChI is InChI=1S/C30H22O6/c1-19(31)33-23-13-15-25-27(17-23)35-30(22-11-7-4-8-12-22)26-16-14-24(34-20(2)32)18-28(26)36-29(25,30)21-9-5-3-6-10-21/h3-18H,1-2H3. The number of esters is 2. The molecule has 6 heteroatoms. The van der Waals surface area contributed by atoms with Crippen molar-refractivity contribution in [1.82, 2.24) is 0 Å². The lowest BCUT2D eigenvalue weighted by atomic mass is 9.69. The normalized spacial score (nSPS) is 20.8. The second-order valence-corrected chi connectivity index (χ2v) is 8.80. The summed E-state index contributed by atoms with van der Waals surface area (Å²) in [7, 11) is 0. The first-order valence-electron chi connectivity index (χ1n) is 11.6. The summed E-state index contributed by atoms with van der Waals surface area (Å²) in [5, 5.41) is 0. The Morgan fingerprint density at radius 2 is 0.972 bits per heavy atom. The molecule has 0 aromatic heterocycles. The van der Waals surface area contributed by atoms with Crippen molar-refractivity contribution in [3.63, 3.8) is 0 Å². The van der Waals surface area contributed by atoms with E-state index in [0.29, 0.717) is 23.0 Å². The number of carbonyl (C=O) groups excluding carboxylic acids is 2. The molecule has 0 aliphatic carbocycles. The largest absolute Gasteiger partial charge is 0.472 e. The lowest BCUT2D eigenvalue weighted by Crippen LogP contribution is -2.49. The quantitative estimate of drug-likeness (QED) is 0.285. The Bertz CT molecular complexity index is 1380. The van der Waals surface area contributed by atoms with E-state index in [9.17, 15) is 9.59 Å². The maximum Gasteiger partial charge on any atom is 0.308 e. The molecule has 0 saturated heterocycles. The van der Waals surface area contributed by atoms with E-state index >= 15 is 0 Å². The molecule has 0 fully saturated rings. The van der Waals surface area contributed by atoms with Crippen LogP contribution in [0.5, 0.6) is 23.0 Å². The molecular formula is C30H22O6. The Labute approximate surface area is 208 Å². The van der Waals surface area contributed by atoms with Crippen LogP contribution in [0.25, 0.3) is 0 Å². The molecule has 178 valence electrons. The van der Waals surface area contributed by atoms with Gasteiger partial charge in [0.15, 0.2) is 0 Å². The van der Waals surface area contributed by atoms with Crippen molar-refractivity contribution in [3.05, 3.63) is 119 Å². The van der Waals surface area contributed by atoms with E-state index < -0.39 is 23.1 Å². The zero-order valence-corrected chi connectivity index (χ0v) is 19.7. The van der Waals surface area contributed by atoms with Crippen LogP contribution >= 0.6 is 0 Å². The first kappa shape index (κ1) is 21.9. The van der Waals surface area contributed by atoms with Crippen LogP contribution in [0.1, 0.15) is 36.1 Å². The zero-order valence-electron chi connectivity index (χ0n) is 19.7.